The maximum atomic E-state index is 13.0. The number of rotatable bonds is 8. The molecule has 1 aliphatic heterocycles. The van der Waals surface area contributed by atoms with Crippen molar-refractivity contribution >= 4 is 17.7 Å². The lowest BCUT2D eigenvalue weighted by molar-refractivity contribution is 0.126. The number of aromatic nitrogens is 3. The predicted molar refractivity (Wildman–Crippen MR) is 116 cm³/mol. The van der Waals surface area contributed by atoms with Crippen molar-refractivity contribution in [2.45, 2.75) is 31.0 Å². The Bertz CT molecular complexity index is 956. The lowest BCUT2D eigenvalue weighted by Gasteiger charge is -2.19. The van der Waals surface area contributed by atoms with Crippen LogP contribution in [0.25, 0.3) is 5.69 Å². The van der Waals surface area contributed by atoms with Gasteiger partial charge in [-0.05, 0) is 56.2 Å². The molecule has 1 N–H and O–H groups in total. The van der Waals surface area contributed by atoms with Gasteiger partial charge in [0.2, 0.25) is 5.95 Å². The summed E-state index contributed by atoms with van der Waals surface area (Å²) in [5.74, 6) is 1.46. The third kappa shape index (κ3) is 4.94. The molecule has 0 radical (unpaired) electrons. The molecule has 2 heterocycles. The van der Waals surface area contributed by atoms with Gasteiger partial charge in [-0.3, -0.25) is 4.57 Å². The zero-order valence-electron chi connectivity index (χ0n) is 16.9. The molecule has 8 heteroatoms. The van der Waals surface area contributed by atoms with Crippen LogP contribution < -0.4 is 9.64 Å². The van der Waals surface area contributed by atoms with Crippen LogP contribution in [0.15, 0.2) is 53.7 Å². The Hall–Kier alpha value is -2.58. The van der Waals surface area contributed by atoms with Crippen LogP contribution in [0.5, 0.6) is 5.75 Å². The van der Waals surface area contributed by atoms with E-state index in [0.717, 1.165) is 42.7 Å². The molecule has 0 aliphatic carbocycles. The first-order valence-electron chi connectivity index (χ1n) is 10.1. The van der Waals surface area contributed by atoms with E-state index >= 15 is 0 Å². The highest BCUT2D eigenvalue weighted by molar-refractivity contribution is 7.99. The van der Waals surface area contributed by atoms with Gasteiger partial charge in [-0.15, -0.1) is 10.2 Å². The minimum absolute atomic E-state index is 0.121. The Labute approximate surface area is 179 Å². The fourth-order valence-electron chi connectivity index (χ4n) is 3.34. The van der Waals surface area contributed by atoms with Crippen molar-refractivity contribution in [1.29, 1.82) is 0 Å². The Morgan fingerprint density at radius 1 is 1.07 bits per heavy atom. The molecule has 1 aliphatic rings. The second-order valence-corrected chi connectivity index (χ2v) is 8.36. The van der Waals surface area contributed by atoms with E-state index in [0.29, 0.717) is 11.5 Å². The van der Waals surface area contributed by atoms with Crippen molar-refractivity contribution in [3.05, 3.63) is 59.9 Å². The van der Waals surface area contributed by atoms with Gasteiger partial charge in [0, 0.05) is 18.8 Å². The zero-order chi connectivity index (χ0) is 20.9. The van der Waals surface area contributed by atoms with E-state index in [-0.39, 0.29) is 12.4 Å². The summed E-state index contributed by atoms with van der Waals surface area (Å²) in [4.78, 5) is 2.25. The standard InChI is InChI=1S/C22H25FN4O2S/c1-16-4-8-18(9-5-16)27-21(26-12-2-3-13-26)24-25-22(27)30-15-19(28)14-29-20-10-6-17(23)7-11-20/h4-11,19,28H,2-3,12-15H2,1H3. The van der Waals surface area contributed by atoms with Crippen LogP contribution in [0.2, 0.25) is 0 Å². The summed E-state index contributed by atoms with van der Waals surface area (Å²) in [6.07, 6.45) is 1.61. The lowest BCUT2D eigenvalue weighted by atomic mass is 10.2. The Morgan fingerprint density at radius 3 is 2.47 bits per heavy atom. The highest BCUT2D eigenvalue weighted by atomic mass is 32.2. The molecular weight excluding hydrogens is 403 g/mol. The number of nitrogens with zero attached hydrogens (tertiary/aromatic N) is 4. The van der Waals surface area contributed by atoms with Crippen molar-refractivity contribution in [2.24, 2.45) is 0 Å². The molecular formula is C22H25FN4O2S. The number of aliphatic hydroxyl groups is 1. The fraction of sp³-hybridized carbons (Fsp3) is 0.364. The van der Waals surface area contributed by atoms with E-state index in [1.54, 1.807) is 12.1 Å². The van der Waals surface area contributed by atoms with Gasteiger partial charge in [-0.25, -0.2) is 4.39 Å². The number of aliphatic hydroxyl groups excluding tert-OH is 1. The van der Waals surface area contributed by atoms with Crippen LogP contribution in [0.3, 0.4) is 0 Å². The van der Waals surface area contributed by atoms with Crippen LogP contribution in [-0.4, -0.2) is 51.4 Å². The number of ether oxygens (including phenoxy) is 1. The van der Waals surface area contributed by atoms with Gasteiger partial charge in [0.15, 0.2) is 5.16 Å². The van der Waals surface area contributed by atoms with Crippen LogP contribution in [-0.2, 0) is 0 Å². The Balaban J connectivity index is 1.45. The summed E-state index contributed by atoms with van der Waals surface area (Å²) >= 11 is 1.44. The number of thioether (sulfide) groups is 1. The molecule has 6 nitrogen and oxygen atoms in total. The van der Waals surface area contributed by atoms with Gasteiger partial charge in [0.05, 0.1) is 11.8 Å². The third-order valence-corrected chi connectivity index (χ3v) is 6.03. The van der Waals surface area contributed by atoms with E-state index in [9.17, 15) is 9.50 Å². The predicted octanol–water partition coefficient (Wildman–Crippen LogP) is 3.85. The summed E-state index contributed by atoms with van der Waals surface area (Å²) < 4.78 is 20.6. The molecule has 158 valence electrons. The SMILES string of the molecule is Cc1ccc(-n2c(SCC(O)COc3ccc(F)cc3)nnc2N2CCCC2)cc1. The normalized spacial score (nSPS) is 14.8. The second-order valence-electron chi connectivity index (χ2n) is 7.38. The van der Waals surface area contributed by atoms with Gasteiger partial charge >= 0.3 is 0 Å². The average Bonchev–Trinajstić information content (AvgIpc) is 3.42. The van der Waals surface area contributed by atoms with Gasteiger partial charge in [0.25, 0.3) is 0 Å². The Morgan fingerprint density at radius 2 is 1.77 bits per heavy atom. The van der Waals surface area contributed by atoms with Crippen molar-refractivity contribution in [3.63, 3.8) is 0 Å². The van der Waals surface area contributed by atoms with E-state index in [1.807, 2.05) is 0 Å². The maximum Gasteiger partial charge on any atom is 0.232 e. The number of anilines is 1. The van der Waals surface area contributed by atoms with Gasteiger partial charge in [-0.1, -0.05) is 29.5 Å². The van der Waals surface area contributed by atoms with E-state index in [1.165, 1.54) is 29.5 Å². The maximum absolute atomic E-state index is 13.0. The first-order chi connectivity index (χ1) is 14.6. The van der Waals surface area contributed by atoms with Crippen molar-refractivity contribution < 1.29 is 14.2 Å². The molecule has 1 atom stereocenters. The summed E-state index contributed by atoms with van der Waals surface area (Å²) in [6, 6.07) is 14.0. The quantitative estimate of drug-likeness (QED) is 0.550. The van der Waals surface area contributed by atoms with Crippen LogP contribution in [0.4, 0.5) is 10.3 Å². The number of aryl methyl sites for hydroxylation is 1. The van der Waals surface area contributed by atoms with Gasteiger partial charge in [-0.2, -0.15) is 0 Å². The minimum Gasteiger partial charge on any atom is -0.491 e. The molecule has 2 aromatic carbocycles. The van der Waals surface area contributed by atoms with Crippen molar-refractivity contribution in [1.82, 2.24) is 14.8 Å². The number of hydrogen-bond acceptors (Lipinski definition) is 6. The highest BCUT2D eigenvalue weighted by Crippen LogP contribution is 2.29. The summed E-state index contributed by atoms with van der Waals surface area (Å²) in [6.45, 7) is 4.13. The zero-order valence-corrected chi connectivity index (χ0v) is 17.7. The molecule has 0 bridgehead atoms. The molecule has 0 amide bonds. The molecule has 3 aromatic rings. The van der Waals surface area contributed by atoms with E-state index in [2.05, 4.69) is 50.9 Å². The fourth-order valence-corrected chi connectivity index (χ4v) is 4.19. The van der Waals surface area contributed by atoms with Gasteiger partial charge in [0.1, 0.15) is 18.2 Å². The van der Waals surface area contributed by atoms with Crippen LogP contribution >= 0.6 is 11.8 Å². The van der Waals surface area contributed by atoms with Crippen molar-refractivity contribution in [3.8, 4) is 11.4 Å². The molecule has 1 saturated heterocycles. The lowest BCUT2D eigenvalue weighted by Crippen LogP contribution is -2.22. The van der Waals surface area contributed by atoms with E-state index < -0.39 is 6.10 Å². The first kappa shape index (κ1) is 20.7. The first-order valence-corrected chi connectivity index (χ1v) is 11.1. The summed E-state index contributed by atoms with van der Waals surface area (Å²) in [5, 5.41) is 19.9. The Kier molecular flexibility index (Phi) is 6.54. The largest absolute Gasteiger partial charge is 0.491 e. The molecule has 0 saturated carbocycles. The second kappa shape index (κ2) is 9.49. The minimum atomic E-state index is -0.696. The summed E-state index contributed by atoms with van der Waals surface area (Å²) in [7, 11) is 0. The monoisotopic (exact) mass is 428 g/mol. The number of benzene rings is 2. The molecule has 4 rings (SSSR count). The molecule has 30 heavy (non-hydrogen) atoms. The highest BCUT2D eigenvalue weighted by Gasteiger charge is 2.23. The average molecular weight is 429 g/mol. The third-order valence-electron chi connectivity index (χ3n) is 4.96. The molecule has 1 fully saturated rings. The molecule has 0 spiro atoms. The smallest absolute Gasteiger partial charge is 0.232 e. The topological polar surface area (TPSA) is 63.4 Å². The molecule has 1 unspecified atom stereocenters. The number of hydrogen-bond donors (Lipinski definition) is 1. The number of halogens is 1. The van der Waals surface area contributed by atoms with Crippen LogP contribution in [0, 0.1) is 12.7 Å². The summed E-state index contributed by atoms with van der Waals surface area (Å²) in [5.41, 5.74) is 2.20. The van der Waals surface area contributed by atoms with Gasteiger partial charge < -0.3 is 14.7 Å². The van der Waals surface area contributed by atoms with E-state index in [4.69, 9.17) is 4.74 Å². The molecule has 1 aromatic heterocycles. The van der Waals surface area contributed by atoms with Crippen molar-refractivity contribution in [2.75, 3.05) is 30.3 Å². The van der Waals surface area contributed by atoms with Crippen LogP contribution in [0.1, 0.15) is 18.4 Å².